The molecule has 0 aromatic heterocycles. The maximum atomic E-state index is 12.1. The van der Waals surface area contributed by atoms with Crippen LogP contribution in [0, 0.1) is 0 Å². The van der Waals surface area contributed by atoms with Crippen molar-refractivity contribution >= 4 is 10.0 Å². The summed E-state index contributed by atoms with van der Waals surface area (Å²) in [6, 6.07) is 5.06. The van der Waals surface area contributed by atoms with Gasteiger partial charge in [0.2, 0.25) is 10.0 Å². The molecule has 2 rings (SSSR count). The number of rotatable bonds is 5. The van der Waals surface area contributed by atoms with Gasteiger partial charge in [-0.3, -0.25) is 0 Å². The van der Waals surface area contributed by atoms with E-state index in [-0.39, 0.29) is 0 Å². The molecule has 1 aromatic carbocycles. The van der Waals surface area contributed by atoms with Crippen molar-refractivity contribution < 1.29 is 13.2 Å². The number of likely N-dealkylation sites (N-methyl/N-ethyl adjacent to an activating group) is 1. The molecule has 0 bridgehead atoms. The molecule has 0 fully saturated rings. The Kier molecular flexibility index (Phi) is 4.44. The second-order valence-corrected chi connectivity index (χ2v) is 6.69. The molecule has 1 heterocycles. The fraction of sp³-hybridized carbons (Fsp3) is 0.538. The Hall–Kier alpha value is -1.11. The highest BCUT2D eigenvalue weighted by molar-refractivity contribution is 7.89. The molecule has 1 aromatic rings. The molecule has 0 saturated heterocycles. The van der Waals surface area contributed by atoms with Crippen molar-refractivity contribution in [3.05, 3.63) is 23.8 Å². The fourth-order valence-electron chi connectivity index (χ4n) is 1.99. The lowest BCUT2D eigenvalue weighted by Gasteiger charge is -2.18. The van der Waals surface area contributed by atoms with Crippen LogP contribution in [0.5, 0.6) is 5.75 Å². The summed E-state index contributed by atoms with van der Waals surface area (Å²) in [6.45, 7) is 1.79. The summed E-state index contributed by atoms with van der Waals surface area (Å²) >= 11 is 0. The van der Waals surface area contributed by atoms with Crippen molar-refractivity contribution in [1.82, 2.24) is 9.62 Å². The molecule has 1 aliphatic heterocycles. The first-order chi connectivity index (χ1) is 8.99. The first-order valence-electron chi connectivity index (χ1n) is 6.39. The topological polar surface area (TPSA) is 58.6 Å². The molecule has 106 valence electrons. The van der Waals surface area contributed by atoms with E-state index in [2.05, 4.69) is 4.72 Å². The number of hydrogen-bond donors (Lipinski definition) is 1. The van der Waals surface area contributed by atoms with Crippen LogP contribution in [0.25, 0.3) is 0 Å². The van der Waals surface area contributed by atoms with E-state index in [1.54, 1.807) is 18.2 Å². The Morgan fingerprint density at radius 1 is 1.37 bits per heavy atom. The average molecular weight is 284 g/mol. The van der Waals surface area contributed by atoms with Crippen LogP contribution in [0.15, 0.2) is 23.1 Å². The van der Waals surface area contributed by atoms with Gasteiger partial charge in [0.15, 0.2) is 0 Å². The highest BCUT2D eigenvalue weighted by Crippen LogP contribution is 2.27. The molecular formula is C13H20N2O3S. The highest BCUT2D eigenvalue weighted by atomic mass is 32.2. The van der Waals surface area contributed by atoms with Gasteiger partial charge in [-0.25, -0.2) is 13.1 Å². The van der Waals surface area contributed by atoms with Gasteiger partial charge >= 0.3 is 0 Å². The first-order valence-corrected chi connectivity index (χ1v) is 7.87. The quantitative estimate of drug-likeness (QED) is 0.871. The molecule has 0 unspecified atom stereocenters. The van der Waals surface area contributed by atoms with Crippen LogP contribution in [0.2, 0.25) is 0 Å². The predicted octanol–water partition coefficient (Wildman–Crippen LogP) is 0.852. The molecule has 1 N–H and O–H groups in total. The molecule has 0 radical (unpaired) electrons. The van der Waals surface area contributed by atoms with Gasteiger partial charge in [-0.1, -0.05) is 0 Å². The summed E-state index contributed by atoms with van der Waals surface area (Å²) in [5.41, 5.74) is 0.974. The van der Waals surface area contributed by atoms with Crippen molar-refractivity contribution in [2.75, 3.05) is 33.8 Å². The molecule has 0 amide bonds. The monoisotopic (exact) mass is 284 g/mol. The minimum Gasteiger partial charge on any atom is -0.493 e. The molecule has 0 saturated carbocycles. The Balaban J connectivity index is 2.12. The average Bonchev–Trinajstić information content (AvgIpc) is 2.37. The maximum Gasteiger partial charge on any atom is 0.240 e. The first kappa shape index (κ1) is 14.3. The summed E-state index contributed by atoms with van der Waals surface area (Å²) in [7, 11) is 0.393. The number of aryl methyl sites for hydroxylation is 1. The van der Waals surface area contributed by atoms with Crippen LogP contribution >= 0.6 is 0 Å². The number of sulfonamides is 1. The molecule has 1 aliphatic rings. The number of ether oxygens (including phenoxy) is 1. The van der Waals surface area contributed by atoms with Crippen molar-refractivity contribution in [3.63, 3.8) is 0 Å². The third-order valence-electron chi connectivity index (χ3n) is 3.04. The van der Waals surface area contributed by atoms with E-state index in [0.717, 1.165) is 24.2 Å². The lowest BCUT2D eigenvalue weighted by molar-refractivity contribution is 0.288. The van der Waals surface area contributed by atoms with Gasteiger partial charge in [-0.2, -0.15) is 0 Å². The maximum absolute atomic E-state index is 12.1. The van der Waals surface area contributed by atoms with E-state index in [4.69, 9.17) is 4.74 Å². The molecule has 19 heavy (non-hydrogen) atoms. The van der Waals surface area contributed by atoms with Crippen molar-refractivity contribution in [1.29, 1.82) is 0 Å². The molecule has 0 aliphatic carbocycles. The summed E-state index contributed by atoms with van der Waals surface area (Å²) < 4.78 is 32.3. The van der Waals surface area contributed by atoms with Crippen molar-refractivity contribution in [3.8, 4) is 5.75 Å². The minimum absolute atomic E-state index is 0.315. The summed E-state index contributed by atoms with van der Waals surface area (Å²) in [6.07, 6.45) is 1.81. The predicted molar refractivity (Wildman–Crippen MR) is 74.0 cm³/mol. The Morgan fingerprint density at radius 3 is 2.89 bits per heavy atom. The van der Waals surface area contributed by atoms with Crippen molar-refractivity contribution in [2.24, 2.45) is 0 Å². The Bertz CT molecular complexity index is 541. The van der Waals surface area contributed by atoms with Crippen LogP contribution in [0.1, 0.15) is 12.0 Å². The zero-order valence-electron chi connectivity index (χ0n) is 11.3. The van der Waals surface area contributed by atoms with Gasteiger partial charge in [-0.15, -0.1) is 0 Å². The van der Waals surface area contributed by atoms with Crippen molar-refractivity contribution in [2.45, 2.75) is 17.7 Å². The smallest absolute Gasteiger partial charge is 0.240 e. The second kappa shape index (κ2) is 5.90. The minimum atomic E-state index is -3.42. The second-order valence-electron chi connectivity index (χ2n) is 4.92. The van der Waals surface area contributed by atoms with E-state index in [1.807, 2.05) is 19.0 Å². The number of fused-ring (bicyclic) bond motifs is 1. The van der Waals surface area contributed by atoms with E-state index >= 15 is 0 Å². The lowest BCUT2D eigenvalue weighted by Crippen LogP contribution is -2.31. The third kappa shape index (κ3) is 3.68. The van der Waals surface area contributed by atoms with Gasteiger partial charge in [-0.05, 0) is 50.7 Å². The summed E-state index contributed by atoms with van der Waals surface area (Å²) in [5, 5.41) is 0. The van der Waals surface area contributed by atoms with E-state index in [1.165, 1.54) is 0 Å². The lowest BCUT2D eigenvalue weighted by atomic mass is 10.1. The number of hydrogen-bond acceptors (Lipinski definition) is 4. The van der Waals surface area contributed by atoms with E-state index < -0.39 is 10.0 Å². The molecule has 6 heteroatoms. The highest BCUT2D eigenvalue weighted by Gasteiger charge is 2.17. The number of benzene rings is 1. The number of nitrogens with zero attached hydrogens (tertiary/aromatic N) is 1. The molecule has 0 spiro atoms. The standard InChI is InChI=1S/C13H20N2O3S/c1-15(2)8-7-14-19(16,17)12-5-6-13-11(10-12)4-3-9-18-13/h5-6,10,14H,3-4,7-9H2,1-2H3. The summed E-state index contributed by atoms with van der Waals surface area (Å²) in [5.74, 6) is 0.804. The van der Waals surface area contributed by atoms with Gasteiger partial charge in [0.05, 0.1) is 11.5 Å². The van der Waals surface area contributed by atoms with Gasteiger partial charge < -0.3 is 9.64 Å². The zero-order chi connectivity index (χ0) is 13.9. The van der Waals surface area contributed by atoms with Crippen LogP contribution < -0.4 is 9.46 Å². The molecule has 5 nitrogen and oxygen atoms in total. The van der Waals surface area contributed by atoms with Crippen LogP contribution in [0.3, 0.4) is 0 Å². The molecular weight excluding hydrogens is 264 g/mol. The summed E-state index contributed by atoms with van der Waals surface area (Å²) in [4.78, 5) is 2.25. The van der Waals surface area contributed by atoms with E-state index in [0.29, 0.717) is 24.6 Å². The Morgan fingerprint density at radius 2 is 2.16 bits per heavy atom. The van der Waals surface area contributed by atoms with Crippen LogP contribution in [-0.2, 0) is 16.4 Å². The largest absolute Gasteiger partial charge is 0.493 e. The van der Waals surface area contributed by atoms with Crippen LogP contribution in [-0.4, -0.2) is 47.1 Å². The molecule has 0 atom stereocenters. The van der Waals surface area contributed by atoms with E-state index in [9.17, 15) is 8.42 Å². The van der Waals surface area contributed by atoms with Gasteiger partial charge in [0.1, 0.15) is 5.75 Å². The van der Waals surface area contributed by atoms with Crippen LogP contribution in [0.4, 0.5) is 0 Å². The van der Waals surface area contributed by atoms with Gasteiger partial charge in [0, 0.05) is 13.1 Å². The SMILES string of the molecule is CN(C)CCNS(=O)(=O)c1ccc2c(c1)CCCO2. The number of nitrogens with one attached hydrogen (secondary N) is 1. The fourth-order valence-corrected chi connectivity index (χ4v) is 3.06. The Labute approximate surface area is 114 Å². The van der Waals surface area contributed by atoms with Gasteiger partial charge in [0.25, 0.3) is 0 Å². The normalized spacial score (nSPS) is 15.1. The zero-order valence-corrected chi connectivity index (χ0v) is 12.2. The third-order valence-corrected chi connectivity index (χ3v) is 4.50.